The van der Waals surface area contributed by atoms with Gasteiger partial charge in [-0.05, 0) is 24.3 Å². The number of ether oxygens (including phenoxy) is 1. The summed E-state index contributed by atoms with van der Waals surface area (Å²) in [7, 11) is 1.64. The molecule has 0 spiro atoms. The van der Waals surface area contributed by atoms with Crippen molar-refractivity contribution in [2.24, 2.45) is 0 Å². The zero-order valence-electron chi connectivity index (χ0n) is 14.5. The van der Waals surface area contributed by atoms with Crippen LogP contribution < -0.4 is 9.64 Å². The maximum absolute atomic E-state index is 13.6. The fraction of sp³-hybridized carbons (Fsp3) is 0.316. The van der Waals surface area contributed by atoms with Crippen LogP contribution in [0.3, 0.4) is 0 Å². The van der Waals surface area contributed by atoms with Crippen LogP contribution in [0.4, 0.5) is 14.5 Å². The molecule has 0 N–H and O–H groups in total. The fourth-order valence-corrected chi connectivity index (χ4v) is 3.67. The maximum atomic E-state index is 13.6. The van der Waals surface area contributed by atoms with Crippen LogP contribution in [-0.2, 0) is 4.79 Å². The highest BCUT2D eigenvalue weighted by Gasteiger charge is 2.22. The lowest BCUT2D eigenvalue weighted by Crippen LogP contribution is -2.49. The van der Waals surface area contributed by atoms with E-state index in [9.17, 15) is 13.6 Å². The number of halogens is 2. The summed E-state index contributed by atoms with van der Waals surface area (Å²) in [5.74, 6) is -0.345. The molecule has 1 amide bonds. The standard InChI is InChI=1S/C19H20F2N2O2S/c1-25-16-4-2-3-15(12-16)22-7-9-23(10-8-22)19(24)13-26-18-6-5-14(20)11-17(18)21/h2-6,11-12H,7-10,13H2,1H3. The monoisotopic (exact) mass is 378 g/mol. The number of amides is 1. The van der Waals surface area contributed by atoms with E-state index in [1.165, 1.54) is 12.1 Å². The number of piperazine rings is 1. The molecule has 1 aliphatic heterocycles. The predicted octanol–water partition coefficient (Wildman–Crippen LogP) is 3.41. The van der Waals surface area contributed by atoms with Crippen LogP contribution in [0.25, 0.3) is 0 Å². The largest absolute Gasteiger partial charge is 0.497 e. The van der Waals surface area contributed by atoms with E-state index in [1.54, 1.807) is 12.0 Å². The van der Waals surface area contributed by atoms with Crippen molar-refractivity contribution in [2.45, 2.75) is 4.90 Å². The third-order valence-electron chi connectivity index (χ3n) is 4.30. The number of hydrogen-bond donors (Lipinski definition) is 0. The Morgan fingerprint density at radius 1 is 1.12 bits per heavy atom. The first-order valence-corrected chi connectivity index (χ1v) is 9.30. The second-order valence-electron chi connectivity index (χ2n) is 5.93. The number of thioether (sulfide) groups is 1. The minimum absolute atomic E-state index is 0.0379. The van der Waals surface area contributed by atoms with Crippen LogP contribution >= 0.6 is 11.8 Å². The SMILES string of the molecule is COc1cccc(N2CCN(C(=O)CSc3ccc(F)cc3F)CC2)c1. The molecule has 0 aromatic heterocycles. The van der Waals surface area contributed by atoms with Crippen molar-refractivity contribution in [2.75, 3.05) is 43.9 Å². The average molecular weight is 378 g/mol. The molecule has 3 rings (SSSR count). The summed E-state index contributed by atoms with van der Waals surface area (Å²) < 4.78 is 31.8. The van der Waals surface area contributed by atoms with Crippen LogP contribution in [-0.4, -0.2) is 49.8 Å². The first-order valence-electron chi connectivity index (χ1n) is 8.31. The molecule has 0 aliphatic carbocycles. The fourth-order valence-electron chi connectivity index (χ4n) is 2.84. The zero-order chi connectivity index (χ0) is 18.5. The Balaban J connectivity index is 1.51. The van der Waals surface area contributed by atoms with E-state index in [0.29, 0.717) is 13.1 Å². The van der Waals surface area contributed by atoms with Gasteiger partial charge in [0.25, 0.3) is 0 Å². The first-order chi connectivity index (χ1) is 12.6. The summed E-state index contributed by atoms with van der Waals surface area (Å²) in [6.45, 7) is 2.69. The summed E-state index contributed by atoms with van der Waals surface area (Å²) in [5.41, 5.74) is 1.07. The quantitative estimate of drug-likeness (QED) is 0.747. The number of carbonyl (C=O) groups excluding carboxylic acids is 1. The topological polar surface area (TPSA) is 32.8 Å². The molecule has 26 heavy (non-hydrogen) atoms. The molecule has 2 aromatic rings. The normalized spacial score (nSPS) is 14.4. The number of methoxy groups -OCH3 is 1. The number of nitrogens with zero attached hydrogens (tertiary/aromatic N) is 2. The lowest BCUT2D eigenvalue weighted by molar-refractivity contribution is -0.128. The van der Waals surface area contributed by atoms with Crippen LogP contribution in [0.2, 0.25) is 0 Å². The minimum atomic E-state index is -0.634. The molecule has 4 nitrogen and oxygen atoms in total. The highest BCUT2D eigenvalue weighted by Crippen LogP contribution is 2.24. The second-order valence-corrected chi connectivity index (χ2v) is 6.95. The van der Waals surface area contributed by atoms with E-state index in [0.717, 1.165) is 42.4 Å². The summed E-state index contributed by atoms with van der Waals surface area (Å²) in [6.07, 6.45) is 0. The Labute approximate surface area is 155 Å². The van der Waals surface area contributed by atoms with Gasteiger partial charge >= 0.3 is 0 Å². The first kappa shape index (κ1) is 18.5. The molecule has 1 aliphatic rings. The molecule has 0 bridgehead atoms. The van der Waals surface area contributed by atoms with E-state index in [4.69, 9.17) is 4.74 Å². The third kappa shape index (κ3) is 4.46. The van der Waals surface area contributed by atoms with Gasteiger partial charge in [0.15, 0.2) is 0 Å². The van der Waals surface area contributed by atoms with Gasteiger partial charge in [0.1, 0.15) is 17.4 Å². The Hall–Kier alpha value is -2.28. The smallest absolute Gasteiger partial charge is 0.233 e. The van der Waals surface area contributed by atoms with Gasteiger partial charge < -0.3 is 14.5 Å². The number of carbonyl (C=O) groups is 1. The summed E-state index contributed by atoms with van der Waals surface area (Å²) in [5, 5.41) is 0. The number of benzene rings is 2. The molecule has 1 fully saturated rings. The van der Waals surface area contributed by atoms with Gasteiger partial charge in [-0.25, -0.2) is 8.78 Å². The molecule has 138 valence electrons. The van der Waals surface area contributed by atoms with Gasteiger partial charge in [0, 0.05) is 48.9 Å². The Morgan fingerprint density at radius 3 is 2.58 bits per heavy atom. The van der Waals surface area contributed by atoms with E-state index in [2.05, 4.69) is 4.90 Å². The zero-order valence-corrected chi connectivity index (χ0v) is 15.3. The van der Waals surface area contributed by atoms with Crippen molar-refractivity contribution in [1.29, 1.82) is 0 Å². The highest BCUT2D eigenvalue weighted by atomic mass is 32.2. The van der Waals surface area contributed by atoms with Gasteiger partial charge in [0.05, 0.1) is 12.9 Å². The van der Waals surface area contributed by atoms with Crippen LogP contribution in [0, 0.1) is 11.6 Å². The molecule has 2 aromatic carbocycles. The van der Waals surface area contributed by atoms with E-state index < -0.39 is 11.6 Å². The number of rotatable bonds is 5. The molecule has 0 radical (unpaired) electrons. The van der Waals surface area contributed by atoms with Crippen molar-refractivity contribution in [3.05, 3.63) is 54.1 Å². The van der Waals surface area contributed by atoms with Crippen molar-refractivity contribution in [3.8, 4) is 5.75 Å². The van der Waals surface area contributed by atoms with Crippen molar-refractivity contribution in [3.63, 3.8) is 0 Å². The molecular formula is C19H20F2N2O2S. The van der Waals surface area contributed by atoms with E-state index in [-0.39, 0.29) is 16.6 Å². The van der Waals surface area contributed by atoms with Crippen molar-refractivity contribution in [1.82, 2.24) is 4.90 Å². The minimum Gasteiger partial charge on any atom is -0.497 e. The lowest BCUT2D eigenvalue weighted by atomic mass is 10.2. The van der Waals surface area contributed by atoms with Gasteiger partial charge in [0.2, 0.25) is 5.91 Å². The number of hydrogen-bond acceptors (Lipinski definition) is 4. The molecule has 0 saturated carbocycles. The van der Waals surface area contributed by atoms with Gasteiger partial charge in [-0.15, -0.1) is 11.8 Å². The molecular weight excluding hydrogens is 358 g/mol. The Bertz CT molecular complexity index is 780. The summed E-state index contributed by atoms with van der Waals surface area (Å²) >= 11 is 1.10. The average Bonchev–Trinajstić information content (AvgIpc) is 2.67. The summed E-state index contributed by atoms with van der Waals surface area (Å²) in [4.78, 5) is 16.6. The lowest BCUT2D eigenvalue weighted by Gasteiger charge is -2.36. The Morgan fingerprint density at radius 2 is 1.88 bits per heavy atom. The highest BCUT2D eigenvalue weighted by molar-refractivity contribution is 8.00. The van der Waals surface area contributed by atoms with Gasteiger partial charge in [-0.1, -0.05) is 6.07 Å². The molecule has 0 atom stereocenters. The Kier molecular flexibility index (Phi) is 5.98. The second kappa shape index (κ2) is 8.40. The van der Waals surface area contributed by atoms with Crippen LogP contribution in [0.15, 0.2) is 47.4 Å². The summed E-state index contributed by atoms with van der Waals surface area (Å²) in [6, 6.07) is 11.2. The van der Waals surface area contributed by atoms with Crippen LogP contribution in [0.5, 0.6) is 5.75 Å². The molecule has 7 heteroatoms. The third-order valence-corrected chi connectivity index (χ3v) is 5.33. The van der Waals surface area contributed by atoms with Crippen molar-refractivity contribution < 1.29 is 18.3 Å². The van der Waals surface area contributed by atoms with Crippen molar-refractivity contribution >= 4 is 23.4 Å². The van der Waals surface area contributed by atoms with E-state index >= 15 is 0 Å². The van der Waals surface area contributed by atoms with E-state index in [1.807, 2.05) is 24.3 Å². The molecule has 0 unspecified atom stereocenters. The molecule has 1 saturated heterocycles. The predicted molar refractivity (Wildman–Crippen MR) is 98.9 cm³/mol. The van der Waals surface area contributed by atoms with Crippen LogP contribution in [0.1, 0.15) is 0 Å². The van der Waals surface area contributed by atoms with Gasteiger partial charge in [-0.2, -0.15) is 0 Å². The molecule has 1 heterocycles. The maximum Gasteiger partial charge on any atom is 0.233 e. The number of anilines is 1. The van der Waals surface area contributed by atoms with Gasteiger partial charge in [-0.3, -0.25) is 4.79 Å².